The quantitative estimate of drug-likeness (QED) is 0.876. The zero-order valence-corrected chi connectivity index (χ0v) is 10.4. The molecule has 1 aromatic carbocycles. The summed E-state index contributed by atoms with van der Waals surface area (Å²) >= 11 is 0. The molecule has 2 N–H and O–H groups in total. The lowest BCUT2D eigenvalue weighted by Gasteiger charge is -2.11. The van der Waals surface area contributed by atoms with Gasteiger partial charge in [0.15, 0.2) is 0 Å². The Kier molecular flexibility index (Phi) is 3.80. The molecule has 1 aromatic rings. The molecule has 0 spiro atoms. The van der Waals surface area contributed by atoms with Crippen LogP contribution >= 0.6 is 0 Å². The fourth-order valence-corrected chi connectivity index (χ4v) is 2.04. The second-order valence-corrected chi connectivity index (χ2v) is 4.56. The van der Waals surface area contributed by atoms with Crippen molar-refractivity contribution in [3.63, 3.8) is 0 Å². The number of hydrogen-bond donors (Lipinski definition) is 2. The monoisotopic (exact) mass is 267 g/mol. The van der Waals surface area contributed by atoms with Crippen molar-refractivity contribution in [2.45, 2.75) is 19.4 Å². The number of amides is 1. The number of carbonyl (C=O) groups excluding carboxylic acids is 1. The van der Waals surface area contributed by atoms with Gasteiger partial charge < -0.3 is 15.2 Å². The first-order valence-corrected chi connectivity index (χ1v) is 5.92. The van der Waals surface area contributed by atoms with Crippen LogP contribution in [-0.4, -0.2) is 29.7 Å². The highest BCUT2D eigenvalue weighted by Crippen LogP contribution is 2.23. The number of ether oxygens (including phenoxy) is 1. The summed E-state index contributed by atoms with van der Waals surface area (Å²) in [5.41, 5.74) is -0.168. The highest BCUT2D eigenvalue weighted by atomic mass is 19.1. The molecule has 1 saturated heterocycles. The van der Waals surface area contributed by atoms with E-state index >= 15 is 0 Å². The summed E-state index contributed by atoms with van der Waals surface area (Å²) in [5, 5.41) is 11.4. The van der Waals surface area contributed by atoms with Gasteiger partial charge in [0.05, 0.1) is 29.9 Å². The minimum Gasteiger partial charge on any atom is -0.478 e. The Morgan fingerprint density at radius 2 is 2.21 bits per heavy atom. The number of rotatable bonds is 3. The lowest BCUT2D eigenvalue weighted by molar-refractivity contribution is -0.119. The number of benzene rings is 1. The number of aromatic carboxylic acids is 1. The fraction of sp³-hybridized carbons (Fsp3) is 0.385. The maximum absolute atomic E-state index is 13.1. The second kappa shape index (κ2) is 5.36. The summed E-state index contributed by atoms with van der Waals surface area (Å²) < 4.78 is 18.4. The van der Waals surface area contributed by atoms with Crippen LogP contribution in [0.3, 0.4) is 0 Å². The van der Waals surface area contributed by atoms with Gasteiger partial charge in [0.1, 0.15) is 5.82 Å². The van der Waals surface area contributed by atoms with E-state index in [1.807, 2.05) is 6.92 Å². The van der Waals surface area contributed by atoms with E-state index in [-0.39, 0.29) is 29.2 Å². The molecule has 2 rings (SSSR count). The summed E-state index contributed by atoms with van der Waals surface area (Å²) in [5.74, 6) is -2.50. The molecule has 1 aliphatic heterocycles. The Bertz CT molecular complexity index is 517. The van der Waals surface area contributed by atoms with Crippen LogP contribution in [0.25, 0.3) is 0 Å². The van der Waals surface area contributed by atoms with E-state index < -0.39 is 11.8 Å². The summed E-state index contributed by atoms with van der Waals surface area (Å²) in [6.45, 7) is 2.16. The van der Waals surface area contributed by atoms with Crippen LogP contribution in [0.5, 0.6) is 0 Å². The van der Waals surface area contributed by atoms with Crippen LogP contribution in [-0.2, 0) is 9.53 Å². The molecule has 0 aliphatic carbocycles. The molecule has 1 fully saturated rings. The van der Waals surface area contributed by atoms with Crippen LogP contribution in [0.4, 0.5) is 10.1 Å². The number of anilines is 1. The topological polar surface area (TPSA) is 75.6 Å². The highest BCUT2D eigenvalue weighted by molar-refractivity contribution is 6.01. The van der Waals surface area contributed by atoms with Crippen molar-refractivity contribution in [1.29, 1.82) is 0 Å². The number of hydrogen-bond acceptors (Lipinski definition) is 3. The van der Waals surface area contributed by atoms with E-state index in [4.69, 9.17) is 9.84 Å². The predicted octanol–water partition coefficient (Wildman–Crippen LogP) is 1.89. The van der Waals surface area contributed by atoms with E-state index in [2.05, 4.69) is 5.32 Å². The van der Waals surface area contributed by atoms with Crippen LogP contribution < -0.4 is 5.32 Å². The van der Waals surface area contributed by atoms with Gasteiger partial charge in [-0.25, -0.2) is 9.18 Å². The standard InChI is InChI=1S/C13H14FNO4/c1-7-4-8(6-19-7)12(16)15-11-5-9(14)2-3-10(11)13(17)18/h2-3,5,7-8H,4,6H2,1H3,(H,15,16)(H,17,18). The van der Waals surface area contributed by atoms with Gasteiger partial charge in [-0.15, -0.1) is 0 Å². The molecule has 1 heterocycles. The van der Waals surface area contributed by atoms with Crippen molar-refractivity contribution in [2.24, 2.45) is 5.92 Å². The van der Waals surface area contributed by atoms with Gasteiger partial charge in [0, 0.05) is 0 Å². The first kappa shape index (κ1) is 13.5. The van der Waals surface area contributed by atoms with Crippen LogP contribution in [0.15, 0.2) is 18.2 Å². The van der Waals surface area contributed by atoms with Crippen molar-refractivity contribution < 1.29 is 23.8 Å². The van der Waals surface area contributed by atoms with Crippen molar-refractivity contribution in [3.8, 4) is 0 Å². The first-order chi connectivity index (χ1) is 8.97. The number of carbonyl (C=O) groups is 2. The number of carboxylic acid groups (broad SMARTS) is 1. The Hall–Kier alpha value is -1.95. The molecule has 0 aromatic heterocycles. The molecule has 5 nitrogen and oxygen atoms in total. The Labute approximate surface area is 109 Å². The first-order valence-electron chi connectivity index (χ1n) is 5.92. The zero-order valence-electron chi connectivity index (χ0n) is 10.4. The molecule has 0 radical (unpaired) electrons. The summed E-state index contributed by atoms with van der Waals surface area (Å²) in [6.07, 6.45) is 0.575. The molecular formula is C13H14FNO4. The van der Waals surface area contributed by atoms with Gasteiger partial charge in [0.25, 0.3) is 0 Å². The van der Waals surface area contributed by atoms with Crippen molar-refractivity contribution >= 4 is 17.6 Å². The number of nitrogens with one attached hydrogen (secondary N) is 1. The van der Waals surface area contributed by atoms with E-state index in [1.54, 1.807) is 0 Å². The molecule has 1 aliphatic rings. The number of carboxylic acids is 1. The van der Waals surface area contributed by atoms with Crippen molar-refractivity contribution in [1.82, 2.24) is 0 Å². The normalized spacial score (nSPS) is 22.2. The predicted molar refractivity (Wildman–Crippen MR) is 65.5 cm³/mol. The van der Waals surface area contributed by atoms with Crippen molar-refractivity contribution in [2.75, 3.05) is 11.9 Å². The molecule has 2 unspecified atom stereocenters. The molecule has 0 saturated carbocycles. The van der Waals surface area contributed by atoms with Gasteiger partial charge in [-0.1, -0.05) is 0 Å². The molecule has 102 valence electrons. The average molecular weight is 267 g/mol. The van der Waals surface area contributed by atoms with E-state index in [0.29, 0.717) is 13.0 Å². The zero-order chi connectivity index (χ0) is 14.0. The lowest BCUT2D eigenvalue weighted by Crippen LogP contribution is -2.24. The third-order valence-corrected chi connectivity index (χ3v) is 3.04. The van der Waals surface area contributed by atoms with Gasteiger partial charge >= 0.3 is 5.97 Å². The van der Waals surface area contributed by atoms with E-state index in [9.17, 15) is 14.0 Å². The third-order valence-electron chi connectivity index (χ3n) is 3.04. The Morgan fingerprint density at radius 1 is 1.47 bits per heavy atom. The van der Waals surface area contributed by atoms with E-state index in [1.165, 1.54) is 0 Å². The molecular weight excluding hydrogens is 253 g/mol. The second-order valence-electron chi connectivity index (χ2n) is 4.56. The fourth-order valence-electron chi connectivity index (χ4n) is 2.04. The van der Waals surface area contributed by atoms with E-state index in [0.717, 1.165) is 18.2 Å². The molecule has 19 heavy (non-hydrogen) atoms. The van der Waals surface area contributed by atoms with Gasteiger partial charge in [0.2, 0.25) is 5.91 Å². The van der Waals surface area contributed by atoms with Crippen LogP contribution in [0.1, 0.15) is 23.7 Å². The Morgan fingerprint density at radius 3 is 2.79 bits per heavy atom. The van der Waals surface area contributed by atoms with Gasteiger partial charge in [-0.05, 0) is 31.5 Å². The van der Waals surface area contributed by atoms with Crippen LogP contribution in [0, 0.1) is 11.7 Å². The highest BCUT2D eigenvalue weighted by Gasteiger charge is 2.29. The van der Waals surface area contributed by atoms with Gasteiger partial charge in [-0.3, -0.25) is 4.79 Å². The maximum atomic E-state index is 13.1. The maximum Gasteiger partial charge on any atom is 0.337 e. The SMILES string of the molecule is CC1CC(C(=O)Nc2cc(F)ccc2C(=O)O)CO1. The third kappa shape index (κ3) is 3.08. The summed E-state index contributed by atoms with van der Waals surface area (Å²) in [7, 11) is 0. The minimum atomic E-state index is -1.22. The smallest absolute Gasteiger partial charge is 0.337 e. The Balaban J connectivity index is 2.16. The largest absolute Gasteiger partial charge is 0.478 e. The lowest BCUT2D eigenvalue weighted by atomic mass is 10.0. The molecule has 6 heteroatoms. The molecule has 0 bridgehead atoms. The average Bonchev–Trinajstić information content (AvgIpc) is 2.75. The van der Waals surface area contributed by atoms with Crippen LogP contribution in [0.2, 0.25) is 0 Å². The summed E-state index contributed by atoms with van der Waals surface area (Å²) in [6, 6.07) is 3.17. The number of halogens is 1. The van der Waals surface area contributed by atoms with Gasteiger partial charge in [-0.2, -0.15) is 0 Å². The summed E-state index contributed by atoms with van der Waals surface area (Å²) in [4.78, 5) is 22.9. The molecule has 1 amide bonds. The van der Waals surface area contributed by atoms with Crippen molar-refractivity contribution in [3.05, 3.63) is 29.6 Å². The molecule has 2 atom stereocenters. The minimum absolute atomic E-state index is 0.00204.